The fraction of sp³-hybridized carbons (Fsp3) is 0.818. The van der Waals surface area contributed by atoms with E-state index in [0.717, 1.165) is 6.92 Å². The van der Waals surface area contributed by atoms with Gasteiger partial charge in [0.05, 0.1) is 25.2 Å². The monoisotopic (exact) mass is 351 g/mol. The zero-order chi connectivity index (χ0) is 16.4. The number of hydrogen-bond acceptors (Lipinski definition) is 9. The summed E-state index contributed by atoms with van der Waals surface area (Å²) in [4.78, 5) is 22.4. The average Bonchev–Trinajstić information content (AvgIpc) is 2.40. The number of aliphatic carboxylic acids is 1. The van der Waals surface area contributed by atoms with Crippen LogP contribution in [0.4, 0.5) is 0 Å². The van der Waals surface area contributed by atoms with Crippen LogP contribution in [0.1, 0.15) is 13.3 Å². The number of carboxylic acid groups (broad SMARTS) is 1. The van der Waals surface area contributed by atoms with E-state index in [0.29, 0.717) is 0 Å². The SMILES string of the molecule is CC(=O)OC1(C(=O)O)C[C@H](O)[C@@H](N)[C@H](C(O)C(O)CO)O1.[CaH2]. The Hall–Kier alpha value is -0.0403. The molecule has 0 aliphatic carbocycles. The number of nitrogens with two attached hydrogens (primary N) is 1. The van der Waals surface area contributed by atoms with Gasteiger partial charge in [0, 0.05) is 6.92 Å². The topological polar surface area (TPSA) is 180 Å². The molecule has 0 aromatic heterocycles. The van der Waals surface area contributed by atoms with E-state index < -0.39 is 61.2 Å². The Bertz CT molecular complexity index is 409. The van der Waals surface area contributed by atoms with Crippen LogP contribution >= 0.6 is 0 Å². The molecular weight excluding hydrogens is 330 g/mol. The minimum absolute atomic E-state index is 0. The van der Waals surface area contributed by atoms with Crippen molar-refractivity contribution in [2.45, 2.75) is 49.6 Å². The molecule has 0 saturated carbocycles. The molecule has 0 aromatic rings. The van der Waals surface area contributed by atoms with E-state index in [4.69, 9.17) is 15.6 Å². The van der Waals surface area contributed by atoms with Crippen LogP contribution in [0.2, 0.25) is 0 Å². The van der Waals surface area contributed by atoms with Gasteiger partial charge in [-0.25, -0.2) is 4.79 Å². The summed E-state index contributed by atoms with van der Waals surface area (Å²) in [6.45, 7) is 0.112. The van der Waals surface area contributed by atoms with Gasteiger partial charge in [-0.15, -0.1) is 0 Å². The van der Waals surface area contributed by atoms with Crippen LogP contribution in [0.25, 0.3) is 0 Å². The van der Waals surface area contributed by atoms with E-state index in [2.05, 4.69) is 4.74 Å². The molecule has 10 nitrogen and oxygen atoms in total. The number of carbonyl (C=O) groups is 2. The molecule has 1 heterocycles. The molecule has 1 fully saturated rings. The van der Waals surface area contributed by atoms with Crippen LogP contribution in [-0.2, 0) is 19.1 Å². The Balaban J connectivity index is 0.00000441. The van der Waals surface area contributed by atoms with Crippen molar-refractivity contribution >= 4 is 49.7 Å². The summed E-state index contributed by atoms with van der Waals surface area (Å²) in [5, 5.41) is 47.0. The van der Waals surface area contributed by atoms with Crippen LogP contribution in [0.15, 0.2) is 0 Å². The first kappa shape index (κ1) is 22.0. The molecule has 1 rings (SSSR count). The third kappa shape index (κ3) is 4.73. The molecule has 11 heteroatoms. The number of hydrogen-bond donors (Lipinski definition) is 6. The molecule has 126 valence electrons. The van der Waals surface area contributed by atoms with Gasteiger partial charge in [0.1, 0.15) is 18.3 Å². The normalized spacial score (nSPS) is 34.2. The van der Waals surface area contributed by atoms with Gasteiger partial charge >= 0.3 is 55.5 Å². The zero-order valence-corrected chi connectivity index (χ0v) is 11.2. The summed E-state index contributed by atoms with van der Waals surface area (Å²) >= 11 is 0. The first-order valence-electron chi connectivity index (χ1n) is 6.16. The van der Waals surface area contributed by atoms with Gasteiger partial charge in [0.25, 0.3) is 0 Å². The van der Waals surface area contributed by atoms with E-state index in [1.165, 1.54) is 0 Å². The summed E-state index contributed by atoms with van der Waals surface area (Å²) in [7, 11) is 0. The molecule has 3 unspecified atom stereocenters. The third-order valence-electron chi connectivity index (χ3n) is 3.18. The summed E-state index contributed by atoms with van der Waals surface area (Å²) in [6.07, 6.45) is -7.13. The molecule has 1 aliphatic rings. The average molecular weight is 351 g/mol. The fourth-order valence-corrected chi connectivity index (χ4v) is 2.08. The summed E-state index contributed by atoms with van der Waals surface area (Å²) in [5.74, 6) is -5.20. The summed E-state index contributed by atoms with van der Waals surface area (Å²) in [6, 6.07) is -1.25. The van der Waals surface area contributed by atoms with Gasteiger partial charge in [0.2, 0.25) is 0 Å². The molecule has 7 N–H and O–H groups in total. The van der Waals surface area contributed by atoms with Gasteiger partial charge in [-0.3, -0.25) is 4.79 Å². The Morgan fingerprint density at radius 1 is 1.45 bits per heavy atom. The molecule has 1 aliphatic heterocycles. The second-order valence-electron chi connectivity index (χ2n) is 4.82. The molecule has 6 atom stereocenters. The van der Waals surface area contributed by atoms with Crippen molar-refractivity contribution in [3.63, 3.8) is 0 Å². The minimum atomic E-state index is -2.53. The number of carbonyl (C=O) groups excluding carboxylic acids is 1. The van der Waals surface area contributed by atoms with Crippen molar-refractivity contribution in [3.05, 3.63) is 0 Å². The summed E-state index contributed by atoms with van der Waals surface area (Å²) < 4.78 is 9.69. The van der Waals surface area contributed by atoms with E-state index in [-0.39, 0.29) is 37.7 Å². The van der Waals surface area contributed by atoms with Crippen molar-refractivity contribution in [1.29, 1.82) is 0 Å². The molecular formula is C11H21CaNO9. The van der Waals surface area contributed by atoms with Crippen molar-refractivity contribution in [1.82, 2.24) is 0 Å². The Kier molecular flexibility index (Phi) is 8.70. The van der Waals surface area contributed by atoms with Gasteiger partial charge in [-0.2, -0.15) is 0 Å². The third-order valence-corrected chi connectivity index (χ3v) is 3.18. The maximum absolute atomic E-state index is 11.3. The summed E-state index contributed by atoms with van der Waals surface area (Å²) in [5.41, 5.74) is 5.61. The second kappa shape index (κ2) is 8.71. The molecule has 22 heavy (non-hydrogen) atoms. The standard InChI is InChI=1S/C11H19NO9.Ca.2H/c1-4(14)20-11(10(18)19)2-5(15)7(12)9(21-11)8(17)6(16)3-13;;;/h5-9,13,15-17H,2-3,12H2,1H3,(H,18,19);;;/t5-,6?,7+,8?,9+,11?;;;/m0.../s1. The molecule has 0 radical (unpaired) electrons. The van der Waals surface area contributed by atoms with E-state index in [1.807, 2.05) is 0 Å². The first-order valence-corrected chi connectivity index (χ1v) is 6.16. The van der Waals surface area contributed by atoms with Crippen molar-refractivity contribution < 1.29 is 44.6 Å². The van der Waals surface area contributed by atoms with Crippen LogP contribution in [0, 0.1) is 0 Å². The van der Waals surface area contributed by atoms with Gasteiger partial charge in [0.15, 0.2) is 0 Å². The Morgan fingerprint density at radius 3 is 2.41 bits per heavy atom. The molecule has 0 bridgehead atoms. The zero-order valence-electron chi connectivity index (χ0n) is 11.2. The van der Waals surface area contributed by atoms with Crippen LogP contribution in [0.5, 0.6) is 0 Å². The molecule has 0 spiro atoms. The number of carboxylic acids is 1. The van der Waals surface area contributed by atoms with Crippen LogP contribution in [0.3, 0.4) is 0 Å². The number of rotatable bonds is 5. The van der Waals surface area contributed by atoms with Crippen molar-refractivity contribution in [2.24, 2.45) is 5.73 Å². The van der Waals surface area contributed by atoms with Gasteiger partial charge < -0.3 is 40.7 Å². The number of ether oxygens (including phenoxy) is 2. The number of aliphatic hydroxyl groups is 4. The maximum atomic E-state index is 11.3. The number of aliphatic hydroxyl groups excluding tert-OH is 4. The quantitative estimate of drug-likeness (QED) is 0.209. The Morgan fingerprint density at radius 2 is 2.00 bits per heavy atom. The van der Waals surface area contributed by atoms with Crippen molar-refractivity contribution in [2.75, 3.05) is 6.61 Å². The predicted molar refractivity (Wildman–Crippen MR) is 73.2 cm³/mol. The second-order valence-corrected chi connectivity index (χ2v) is 4.82. The van der Waals surface area contributed by atoms with E-state index in [9.17, 15) is 30.0 Å². The number of esters is 1. The van der Waals surface area contributed by atoms with E-state index >= 15 is 0 Å². The van der Waals surface area contributed by atoms with Gasteiger partial charge in [-0.1, -0.05) is 0 Å². The van der Waals surface area contributed by atoms with Gasteiger partial charge in [-0.05, 0) is 0 Å². The van der Waals surface area contributed by atoms with Crippen molar-refractivity contribution in [3.8, 4) is 0 Å². The van der Waals surface area contributed by atoms with Crippen LogP contribution in [-0.4, -0.2) is 118 Å². The molecule has 1 saturated heterocycles. The molecule has 0 aromatic carbocycles. The first-order chi connectivity index (χ1) is 9.64. The Labute approximate surface area is 155 Å². The van der Waals surface area contributed by atoms with Crippen LogP contribution < -0.4 is 5.73 Å². The molecule has 0 amide bonds. The fourth-order valence-electron chi connectivity index (χ4n) is 2.08. The van der Waals surface area contributed by atoms with E-state index in [1.54, 1.807) is 0 Å². The predicted octanol–water partition coefficient (Wildman–Crippen LogP) is -4.39.